The number of carbonyl (C=O) groups is 2. The van der Waals surface area contributed by atoms with Crippen molar-refractivity contribution in [2.45, 2.75) is 13.3 Å². The molecule has 1 fully saturated rings. The Balaban J connectivity index is 1.57. The number of nitrogens with one attached hydrogen (secondary N) is 1. The van der Waals surface area contributed by atoms with E-state index in [1.165, 1.54) is 11.3 Å². The molecule has 2 aromatic carbocycles. The van der Waals surface area contributed by atoms with Gasteiger partial charge in [0, 0.05) is 43.1 Å². The topological polar surface area (TPSA) is 76.4 Å². The van der Waals surface area contributed by atoms with Gasteiger partial charge in [0.25, 0.3) is 5.91 Å². The van der Waals surface area contributed by atoms with Crippen LogP contribution in [-0.4, -0.2) is 42.9 Å². The highest BCUT2D eigenvalue weighted by molar-refractivity contribution is 5.96. The maximum absolute atomic E-state index is 12.7. The molecule has 0 radical (unpaired) electrons. The van der Waals surface area contributed by atoms with Crippen molar-refractivity contribution in [3.8, 4) is 6.07 Å². The smallest absolute Gasteiger partial charge is 0.253 e. The molecule has 6 heteroatoms. The van der Waals surface area contributed by atoms with E-state index in [0.29, 0.717) is 24.3 Å². The summed E-state index contributed by atoms with van der Waals surface area (Å²) < 4.78 is 0. The molecule has 3 rings (SSSR count). The van der Waals surface area contributed by atoms with Gasteiger partial charge in [0.1, 0.15) is 6.42 Å². The first-order valence-electron chi connectivity index (χ1n) is 8.94. The molecule has 1 aliphatic rings. The molecule has 0 aromatic heterocycles. The number of rotatable bonds is 4. The molecular formula is C21H22N4O2. The van der Waals surface area contributed by atoms with E-state index in [9.17, 15) is 9.59 Å². The second-order valence-electron chi connectivity index (χ2n) is 6.58. The van der Waals surface area contributed by atoms with Gasteiger partial charge in [-0.05, 0) is 48.9 Å². The summed E-state index contributed by atoms with van der Waals surface area (Å²) in [4.78, 5) is 28.3. The summed E-state index contributed by atoms with van der Waals surface area (Å²) in [5, 5.41) is 11.1. The maximum atomic E-state index is 12.7. The van der Waals surface area contributed by atoms with Crippen LogP contribution >= 0.6 is 0 Å². The van der Waals surface area contributed by atoms with Crippen molar-refractivity contribution in [1.82, 2.24) is 4.90 Å². The standard InChI is InChI=1S/C21H22N4O2/c1-16-3-2-4-19(15-16)24-11-13-25(14-12-24)21(27)17-5-7-18(8-6-17)23-20(26)9-10-22/h2-8,15H,9,11-14H2,1H3,(H,23,26). The molecule has 2 amide bonds. The van der Waals surface area contributed by atoms with Gasteiger partial charge in [0.2, 0.25) is 5.91 Å². The molecule has 1 N–H and O–H groups in total. The molecule has 0 aliphatic carbocycles. The molecule has 0 atom stereocenters. The van der Waals surface area contributed by atoms with Crippen molar-refractivity contribution in [1.29, 1.82) is 5.26 Å². The van der Waals surface area contributed by atoms with Crippen molar-refractivity contribution in [3.05, 3.63) is 59.7 Å². The van der Waals surface area contributed by atoms with E-state index in [-0.39, 0.29) is 18.2 Å². The zero-order chi connectivity index (χ0) is 19.2. The molecule has 0 unspecified atom stereocenters. The Morgan fingerprint density at radius 1 is 1.07 bits per heavy atom. The van der Waals surface area contributed by atoms with Crippen LogP contribution in [0.5, 0.6) is 0 Å². The Morgan fingerprint density at radius 3 is 2.41 bits per heavy atom. The normalized spacial score (nSPS) is 13.8. The monoisotopic (exact) mass is 362 g/mol. The van der Waals surface area contributed by atoms with Crippen LogP contribution in [0.1, 0.15) is 22.3 Å². The summed E-state index contributed by atoms with van der Waals surface area (Å²) in [5.74, 6) is -0.363. The van der Waals surface area contributed by atoms with Gasteiger partial charge >= 0.3 is 0 Å². The molecule has 138 valence electrons. The number of anilines is 2. The lowest BCUT2D eigenvalue weighted by Gasteiger charge is -2.36. The van der Waals surface area contributed by atoms with Crippen LogP contribution in [0.2, 0.25) is 0 Å². The fourth-order valence-corrected chi connectivity index (χ4v) is 3.15. The van der Waals surface area contributed by atoms with Gasteiger partial charge in [0.15, 0.2) is 0 Å². The fourth-order valence-electron chi connectivity index (χ4n) is 3.15. The number of hydrogen-bond donors (Lipinski definition) is 1. The largest absolute Gasteiger partial charge is 0.368 e. The molecule has 0 spiro atoms. The van der Waals surface area contributed by atoms with Gasteiger partial charge in [0.05, 0.1) is 6.07 Å². The summed E-state index contributed by atoms with van der Waals surface area (Å²) in [6.07, 6.45) is -0.189. The molecule has 6 nitrogen and oxygen atoms in total. The van der Waals surface area contributed by atoms with Gasteiger partial charge < -0.3 is 15.1 Å². The second-order valence-corrected chi connectivity index (χ2v) is 6.58. The van der Waals surface area contributed by atoms with Crippen LogP contribution < -0.4 is 10.2 Å². The Bertz CT molecular complexity index is 862. The third-order valence-electron chi connectivity index (χ3n) is 4.59. The number of benzene rings is 2. The highest BCUT2D eigenvalue weighted by atomic mass is 16.2. The van der Waals surface area contributed by atoms with E-state index in [2.05, 4.69) is 41.4 Å². The second kappa shape index (κ2) is 8.37. The molecule has 0 bridgehead atoms. The third-order valence-corrected chi connectivity index (χ3v) is 4.59. The molecule has 1 saturated heterocycles. The third kappa shape index (κ3) is 4.64. The van der Waals surface area contributed by atoms with Crippen LogP contribution in [0.4, 0.5) is 11.4 Å². The minimum atomic E-state index is -0.358. The van der Waals surface area contributed by atoms with Gasteiger partial charge in [-0.15, -0.1) is 0 Å². The number of nitriles is 1. The number of carbonyl (C=O) groups excluding carboxylic acids is 2. The number of aryl methyl sites for hydroxylation is 1. The van der Waals surface area contributed by atoms with E-state index in [1.54, 1.807) is 30.3 Å². The highest BCUT2D eigenvalue weighted by Crippen LogP contribution is 2.19. The van der Waals surface area contributed by atoms with Crippen LogP contribution in [0.25, 0.3) is 0 Å². The molecule has 27 heavy (non-hydrogen) atoms. The zero-order valence-corrected chi connectivity index (χ0v) is 15.3. The van der Waals surface area contributed by atoms with Crippen LogP contribution in [-0.2, 0) is 4.79 Å². The summed E-state index contributed by atoms with van der Waals surface area (Å²) in [7, 11) is 0. The van der Waals surface area contributed by atoms with Gasteiger partial charge in [-0.25, -0.2) is 0 Å². The molecule has 1 heterocycles. The summed E-state index contributed by atoms with van der Waals surface area (Å²) in [5.41, 5.74) is 3.60. The van der Waals surface area contributed by atoms with E-state index in [0.717, 1.165) is 13.1 Å². The van der Waals surface area contributed by atoms with Gasteiger partial charge in [-0.1, -0.05) is 12.1 Å². The number of amides is 2. The lowest BCUT2D eigenvalue weighted by Crippen LogP contribution is -2.48. The summed E-state index contributed by atoms with van der Waals surface area (Å²) in [6, 6.07) is 17.0. The van der Waals surface area contributed by atoms with Crippen LogP contribution in [0.3, 0.4) is 0 Å². The van der Waals surface area contributed by atoms with E-state index in [1.807, 2.05) is 4.90 Å². The molecule has 2 aromatic rings. The Kier molecular flexibility index (Phi) is 5.72. The maximum Gasteiger partial charge on any atom is 0.253 e. The van der Waals surface area contributed by atoms with Crippen molar-refractivity contribution < 1.29 is 9.59 Å². The SMILES string of the molecule is Cc1cccc(N2CCN(C(=O)c3ccc(NC(=O)CC#N)cc3)CC2)c1. The van der Waals surface area contributed by atoms with Crippen LogP contribution in [0.15, 0.2) is 48.5 Å². The quantitative estimate of drug-likeness (QED) is 0.907. The molecule has 1 aliphatic heterocycles. The Morgan fingerprint density at radius 2 is 1.78 bits per heavy atom. The predicted molar refractivity (Wildman–Crippen MR) is 105 cm³/mol. The first kappa shape index (κ1) is 18.5. The Hall–Kier alpha value is -3.33. The lowest BCUT2D eigenvalue weighted by molar-refractivity contribution is -0.115. The Labute approximate surface area is 159 Å². The van der Waals surface area contributed by atoms with Crippen molar-refractivity contribution in [2.75, 3.05) is 36.4 Å². The van der Waals surface area contributed by atoms with E-state index in [4.69, 9.17) is 5.26 Å². The molecule has 0 saturated carbocycles. The number of nitrogens with zero attached hydrogens (tertiary/aromatic N) is 3. The van der Waals surface area contributed by atoms with Gasteiger partial charge in [-0.2, -0.15) is 5.26 Å². The number of piperazine rings is 1. The van der Waals surface area contributed by atoms with Crippen molar-refractivity contribution in [2.24, 2.45) is 0 Å². The van der Waals surface area contributed by atoms with Crippen molar-refractivity contribution >= 4 is 23.2 Å². The highest BCUT2D eigenvalue weighted by Gasteiger charge is 2.22. The van der Waals surface area contributed by atoms with Gasteiger partial charge in [-0.3, -0.25) is 9.59 Å². The average molecular weight is 362 g/mol. The summed E-state index contributed by atoms with van der Waals surface area (Å²) in [6.45, 7) is 5.03. The van der Waals surface area contributed by atoms with Crippen LogP contribution in [0, 0.1) is 18.3 Å². The van der Waals surface area contributed by atoms with Crippen molar-refractivity contribution in [3.63, 3.8) is 0 Å². The first-order chi connectivity index (χ1) is 13.1. The number of hydrogen-bond acceptors (Lipinski definition) is 4. The lowest BCUT2D eigenvalue weighted by atomic mass is 10.1. The first-order valence-corrected chi connectivity index (χ1v) is 8.94. The fraction of sp³-hybridized carbons (Fsp3) is 0.286. The predicted octanol–water partition coefficient (Wildman–Crippen LogP) is 2.81. The van der Waals surface area contributed by atoms with E-state index < -0.39 is 0 Å². The zero-order valence-electron chi connectivity index (χ0n) is 15.3. The molecular weight excluding hydrogens is 340 g/mol. The van der Waals surface area contributed by atoms with E-state index >= 15 is 0 Å². The minimum absolute atomic E-state index is 0.00575. The average Bonchev–Trinajstić information content (AvgIpc) is 2.68. The summed E-state index contributed by atoms with van der Waals surface area (Å²) >= 11 is 0. The minimum Gasteiger partial charge on any atom is -0.368 e.